The van der Waals surface area contributed by atoms with Crippen LogP contribution in [-0.2, 0) is 0 Å². The van der Waals surface area contributed by atoms with E-state index in [4.69, 9.17) is 0 Å². The van der Waals surface area contributed by atoms with E-state index in [1.54, 1.807) is 24.3 Å². The standard InChI is InChI=1S/2C5H4O2.Mg.2H/c2*6-5-3-1-2-4-7-5;;;/h2*1-4H;;;. The molecule has 0 radical (unpaired) electrons. The van der Waals surface area contributed by atoms with Gasteiger partial charge in [0, 0.05) is 12.1 Å². The predicted molar refractivity (Wildman–Crippen MR) is 58.5 cm³/mol. The molecule has 0 aliphatic carbocycles. The molecule has 0 N–H and O–H groups in total. The van der Waals surface area contributed by atoms with Gasteiger partial charge in [0.25, 0.3) is 0 Å². The van der Waals surface area contributed by atoms with Crippen LogP contribution in [0.4, 0.5) is 0 Å². The predicted octanol–water partition coefficient (Wildman–Crippen LogP) is 0.363. The first-order chi connectivity index (χ1) is 6.79. The number of rotatable bonds is 0. The van der Waals surface area contributed by atoms with Crippen LogP contribution in [0, 0.1) is 0 Å². The lowest BCUT2D eigenvalue weighted by molar-refractivity contribution is 0.510. The second-order valence-electron chi connectivity index (χ2n) is 2.25. The number of hydrogen-bond donors (Lipinski definition) is 0. The summed E-state index contributed by atoms with van der Waals surface area (Å²) < 4.78 is 8.74. The van der Waals surface area contributed by atoms with Gasteiger partial charge in [-0.1, -0.05) is 12.1 Å². The smallest absolute Gasteiger partial charge is 0.335 e. The normalized spacial score (nSPS) is 8.00. The van der Waals surface area contributed by atoms with Crippen molar-refractivity contribution in [3.05, 3.63) is 69.8 Å². The lowest BCUT2D eigenvalue weighted by Gasteiger charge is -1.72. The summed E-state index contributed by atoms with van der Waals surface area (Å²) in [6, 6.07) is 9.29. The van der Waals surface area contributed by atoms with E-state index in [0.717, 1.165) is 0 Å². The first kappa shape index (κ1) is 13.7. The highest BCUT2D eigenvalue weighted by atomic mass is 24.3. The molecule has 0 atom stereocenters. The minimum atomic E-state index is -0.303. The Morgan fingerprint density at radius 3 is 1.27 bits per heavy atom. The average molecular weight is 218 g/mol. The third-order valence-electron chi connectivity index (χ3n) is 1.21. The Bertz CT molecular complexity index is 394. The van der Waals surface area contributed by atoms with Crippen molar-refractivity contribution in [1.29, 1.82) is 0 Å². The van der Waals surface area contributed by atoms with Crippen molar-refractivity contribution in [2.24, 2.45) is 0 Å². The minimum Gasteiger partial charge on any atom is -0.431 e. The molecule has 2 heterocycles. The van der Waals surface area contributed by atoms with E-state index in [0.29, 0.717) is 0 Å². The average Bonchev–Trinajstić information content (AvgIpc) is 2.21. The van der Waals surface area contributed by atoms with E-state index in [1.807, 2.05) is 0 Å². The summed E-state index contributed by atoms with van der Waals surface area (Å²) in [5.41, 5.74) is -0.606. The van der Waals surface area contributed by atoms with Gasteiger partial charge in [0.05, 0.1) is 12.5 Å². The Kier molecular flexibility index (Phi) is 7.30. The maximum atomic E-state index is 10.1. The van der Waals surface area contributed by atoms with Gasteiger partial charge in [-0.15, -0.1) is 0 Å². The zero-order valence-corrected chi connectivity index (χ0v) is 7.25. The molecular formula is C10H10MgO4. The van der Waals surface area contributed by atoms with Crippen molar-refractivity contribution < 1.29 is 8.83 Å². The quantitative estimate of drug-likeness (QED) is 0.599. The van der Waals surface area contributed by atoms with Gasteiger partial charge in [0.1, 0.15) is 0 Å². The van der Waals surface area contributed by atoms with Crippen LogP contribution in [0.5, 0.6) is 0 Å². The second-order valence-corrected chi connectivity index (χ2v) is 2.25. The third-order valence-corrected chi connectivity index (χ3v) is 1.21. The van der Waals surface area contributed by atoms with Crippen LogP contribution in [0.25, 0.3) is 0 Å². The Hall–Kier alpha value is -1.33. The highest BCUT2D eigenvalue weighted by Gasteiger charge is 1.73. The molecule has 4 nitrogen and oxygen atoms in total. The monoisotopic (exact) mass is 218 g/mol. The summed E-state index contributed by atoms with van der Waals surface area (Å²) in [7, 11) is 0. The SMILES string of the molecule is O=c1cccco1.O=c1cccco1.[MgH2]. The fraction of sp³-hybridized carbons (Fsp3) is 0. The van der Waals surface area contributed by atoms with Crippen molar-refractivity contribution in [1.82, 2.24) is 0 Å². The highest BCUT2D eigenvalue weighted by molar-refractivity contribution is 5.75. The molecule has 0 unspecified atom stereocenters. The zero-order valence-electron chi connectivity index (χ0n) is 7.25. The number of hydrogen-bond acceptors (Lipinski definition) is 4. The molecule has 2 rings (SSSR count). The summed E-state index contributed by atoms with van der Waals surface area (Å²) in [6.45, 7) is 0. The van der Waals surface area contributed by atoms with Crippen molar-refractivity contribution in [2.45, 2.75) is 0 Å². The Morgan fingerprint density at radius 1 is 0.733 bits per heavy atom. The van der Waals surface area contributed by atoms with Gasteiger partial charge < -0.3 is 8.83 Å². The van der Waals surface area contributed by atoms with E-state index in [-0.39, 0.29) is 34.3 Å². The molecule has 0 bridgehead atoms. The van der Waals surface area contributed by atoms with Gasteiger partial charge in [-0.3, -0.25) is 0 Å². The van der Waals surface area contributed by atoms with Gasteiger partial charge in [-0.2, -0.15) is 0 Å². The van der Waals surface area contributed by atoms with E-state index in [2.05, 4.69) is 8.83 Å². The summed E-state index contributed by atoms with van der Waals surface area (Å²) >= 11 is 0. The Labute approximate surface area is 102 Å². The van der Waals surface area contributed by atoms with Crippen molar-refractivity contribution >= 4 is 23.1 Å². The Morgan fingerprint density at radius 2 is 1.13 bits per heavy atom. The van der Waals surface area contributed by atoms with Gasteiger partial charge in [-0.25, -0.2) is 9.59 Å². The maximum absolute atomic E-state index is 10.1. The largest absolute Gasteiger partial charge is 0.431 e. The lowest BCUT2D eigenvalue weighted by atomic mass is 10.5. The Balaban J connectivity index is 0.000000245. The summed E-state index contributed by atoms with van der Waals surface area (Å²) in [5.74, 6) is 0. The first-order valence-corrected chi connectivity index (χ1v) is 3.87. The lowest BCUT2D eigenvalue weighted by Crippen LogP contribution is -1.90. The van der Waals surface area contributed by atoms with E-state index in [9.17, 15) is 9.59 Å². The molecule has 0 aliphatic heterocycles. The van der Waals surface area contributed by atoms with Crippen LogP contribution in [0.15, 0.2) is 67.3 Å². The van der Waals surface area contributed by atoms with Crippen LogP contribution < -0.4 is 11.3 Å². The molecule has 76 valence electrons. The van der Waals surface area contributed by atoms with Crippen molar-refractivity contribution in [3.63, 3.8) is 0 Å². The first-order valence-electron chi connectivity index (χ1n) is 3.87. The maximum Gasteiger partial charge on any atom is 0.335 e. The van der Waals surface area contributed by atoms with Gasteiger partial charge in [0.15, 0.2) is 0 Å². The van der Waals surface area contributed by atoms with Crippen molar-refractivity contribution in [3.8, 4) is 0 Å². The van der Waals surface area contributed by atoms with Crippen LogP contribution in [0.1, 0.15) is 0 Å². The van der Waals surface area contributed by atoms with Crippen LogP contribution >= 0.6 is 0 Å². The molecule has 2 aromatic rings. The van der Waals surface area contributed by atoms with Gasteiger partial charge in [0.2, 0.25) is 0 Å². The molecule has 0 amide bonds. The molecule has 0 aliphatic rings. The summed E-state index contributed by atoms with van der Waals surface area (Å²) in [5, 5.41) is 0. The molecule has 5 heteroatoms. The van der Waals surface area contributed by atoms with E-state index in [1.165, 1.54) is 24.7 Å². The molecule has 0 aromatic carbocycles. The summed E-state index contributed by atoms with van der Waals surface area (Å²) in [6.07, 6.45) is 2.70. The molecular weight excluding hydrogens is 208 g/mol. The molecule has 0 saturated carbocycles. The van der Waals surface area contributed by atoms with E-state index >= 15 is 0 Å². The summed E-state index contributed by atoms with van der Waals surface area (Å²) in [4.78, 5) is 20.2. The molecule has 15 heavy (non-hydrogen) atoms. The molecule has 2 aromatic heterocycles. The molecule has 0 fully saturated rings. The minimum absolute atomic E-state index is 0. The topological polar surface area (TPSA) is 60.4 Å². The van der Waals surface area contributed by atoms with Crippen molar-refractivity contribution in [2.75, 3.05) is 0 Å². The van der Waals surface area contributed by atoms with Crippen LogP contribution in [-0.4, -0.2) is 23.1 Å². The molecule has 0 spiro atoms. The zero-order chi connectivity index (χ0) is 10.2. The van der Waals surface area contributed by atoms with E-state index < -0.39 is 0 Å². The molecule has 0 saturated heterocycles. The third kappa shape index (κ3) is 6.70. The highest BCUT2D eigenvalue weighted by Crippen LogP contribution is 1.72. The van der Waals surface area contributed by atoms with Crippen LogP contribution in [0.3, 0.4) is 0 Å². The second kappa shape index (κ2) is 8.01. The van der Waals surface area contributed by atoms with Crippen LogP contribution in [0.2, 0.25) is 0 Å². The fourth-order valence-corrected chi connectivity index (χ4v) is 0.650. The van der Waals surface area contributed by atoms with Gasteiger partial charge >= 0.3 is 34.3 Å². The fourth-order valence-electron chi connectivity index (χ4n) is 0.650. The van der Waals surface area contributed by atoms with Gasteiger partial charge in [-0.05, 0) is 12.1 Å².